The minimum atomic E-state index is -1.01. The second-order valence-corrected chi connectivity index (χ2v) is 4.85. The second-order valence-electron chi connectivity index (χ2n) is 4.85. The maximum atomic E-state index is 11.4. The summed E-state index contributed by atoms with van der Waals surface area (Å²) in [5.74, 6) is -1.13. The quantitative estimate of drug-likeness (QED) is 0.850. The summed E-state index contributed by atoms with van der Waals surface area (Å²) in [4.78, 5) is 22.6. The standard InChI is InChI=1S/C16H17NO3/c1-11-5-3-4-6-13(11)7-8-17-10-14(12(2)18)9-15(17)16(19)20/h3-6,9-10H,7-8H2,1-2H3,(H,19,20). The molecule has 0 aliphatic rings. The monoisotopic (exact) mass is 271 g/mol. The highest BCUT2D eigenvalue weighted by molar-refractivity contribution is 5.97. The lowest BCUT2D eigenvalue weighted by atomic mass is 10.1. The van der Waals surface area contributed by atoms with Gasteiger partial charge < -0.3 is 9.67 Å². The van der Waals surface area contributed by atoms with Crippen molar-refractivity contribution < 1.29 is 14.7 Å². The Morgan fingerprint density at radius 1 is 1.25 bits per heavy atom. The summed E-state index contributed by atoms with van der Waals surface area (Å²) in [6.45, 7) is 4.01. The SMILES string of the molecule is CC(=O)c1cc(C(=O)O)n(CCc2ccccc2C)c1. The lowest BCUT2D eigenvalue weighted by Crippen LogP contribution is -2.09. The van der Waals surface area contributed by atoms with Crippen molar-refractivity contribution in [3.8, 4) is 0 Å². The van der Waals surface area contributed by atoms with E-state index in [1.54, 1.807) is 10.8 Å². The van der Waals surface area contributed by atoms with Crippen molar-refractivity contribution in [2.75, 3.05) is 0 Å². The van der Waals surface area contributed by atoms with Gasteiger partial charge in [0, 0.05) is 18.3 Å². The molecule has 0 spiro atoms. The number of hydrogen-bond donors (Lipinski definition) is 1. The van der Waals surface area contributed by atoms with Crippen molar-refractivity contribution in [3.05, 3.63) is 58.9 Å². The molecule has 0 radical (unpaired) electrons. The molecular formula is C16H17NO3. The Kier molecular flexibility index (Phi) is 4.03. The number of nitrogens with zero attached hydrogens (tertiary/aromatic N) is 1. The van der Waals surface area contributed by atoms with Gasteiger partial charge in [0.25, 0.3) is 0 Å². The summed E-state index contributed by atoms with van der Waals surface area (Å²) in [6, 6.07) is 9.44. The van der Waals surface area contributed by atoms with Gasteiger partial charge in [0.15, 0.2) is 5.78 Å². The van der Waals surface area contributed by atoms with Gasteiger partial charge in [-0.2, -0.15) is 0 Å². The van der Waals surface area contributed by atoms with Crippen molar-refractivity contribution in [1.82, 2.24) is 4.57 Å². The van der Waals surface area contributed by atoms with Gasteiger partial charge in [-0.25, -0.2) is 4.79 Å². The summed E-state index contributed by atoms with van der Waals surface area (Å²) in [5, 5.41) is 9.18. The molecule has 4 nitrogen and oxygen atoms in total. The van der Waals surface area contributed by atoms with E-state index in [0.717, 1.165) is 6.42 Å². The number of carboxylic acid groups (broad SMARTS) is 1. The fraction of sp³-hybridized carbons (Fsp3) is 0.250. The van der Waals surface area contributed by atoms with E-state index in [1.165, 1.54) is 24.1 Å². The zero-order valence-electron chi connectivity index (χ0n) is 11.6. The molecule has 0 fully saturated rings. The van der Waals surface area contributed by atoms with Crippen LogP contribution >= 0.6 is 0 Å². The van der Waals surface area contributed by atoms with Crippen LogP contribution in [-0.2, 0) is 13.0 Å². The molecule has 1 aromatic carbocycles. The molecule has 1 heterocycles. The second kappa shape index (κ2) is 5.74. The van der Waals surface area contributed by atoms with Gasteiger partial charge in [0.05, 0.1) is 0 Å². The normalized spacial score (nSPS) is 10.5. The van der Waals surface area contributed by atoms with E-state index in [2.05, 4.69) is 0 Å². The van der Waals surface area contributed by atoms with Gasteiger partial charge in [-0.05, 0) is 37.5 Å². The largest absolute Gasteiger partial charge is 0.477 e. The van der Waals surface area contributed by atoms with Crippen molar-refractivity contribution in [2.24, 2.45) is 0 Å². The Hall–Kier alpha value is -2.36. The number of carbonyl (C=O) groups is 2. The van der Waals surface area contributed by atoms with Crippen LogP contribution in [0.1, 0.15) is 38.9 Å². The first-order chi connectivity index (χ1) is 9.49. The zero-order valence-corrected chi connectivity index (χ0v) is 11.6. The van der Waals surface area contributed by atoms with Gasteiger partial charge in [0.2, 0.25) is 0 Å². The zero-order chi connectivity index (χ0) is 14.7. The molecule has 1 N–H and O–H groups in total. The van der Waals surface area contributed by atoms with Crippen LogP contribution in [0.4, 0.5) is 0 Å². The number of benzene rings is 1. The first-order valence-corrected chi connectivity index (χ1v) is 6.48. The minimum absolute atomic E-state index is 0.123. The highest BCUT2D eigenvalue weighted by atomic mass is 16.4. The third-order valence-corrected chi connectivity index (χ3v) is 3.41. The van der Waals surface area contributed by atoms with E-state index in [-0.39, 0.29) is 11.5 Å². The average molecular weight is 271 g/mol. The molecule has 0 amide bonds. The molecular weight excluding hydrogens is 254 g/mol. The topological polar surface area (TPSA) is 59.3 Å². The summed E-state index contributed by atoms with van der Waals surface area (Å²) in [7, 11) is 0. The molecule has 2 rings (SSSR count). The number of aromatic carboxylic acids is 1. The van der Waals surface area contributed by atoms with E-state index in [4.69, 9.17) is 0 Å². The van der Waals surface area contributed by atoms with Gasteiger partial charge in [-0.3, -0.25) is 4.79 Å². The summed E-state index contributed by atoms with van der Waals surface area (Å²) < 4.78 is 1.63. The Morgan fingerprint density at radius 3 is 2.55 bits per heavy atom. The maximum Gasteiger partial charge on any atom is 0.352 e. The van der Waals surface area contributed by atoms with Crippen LogP contribution in [-0.4, -0.2) is 21.4 Å². The highest BCUT2D eigenvalue weighted by Crippen LogP contribution is 2.13. The van der Waals surface area contributed by atoms with Gasteiger partial charge in [-0.15, -0.1) is 0 Å². The van der Waals surface area contributed by atoms with E-state index < -0.39 is 5.97 Å². The van der Waals surface area contributed by atoms with E-state index in [1.807, 2.05) is 31.2 Å². The molecule has 2 aromatic rings. The molecule has 0 saturated carbocycles. The molecule has 0 bridgehead atoms. The van der Waals surface area contributed by atoms with E-state index >= 15 is 0 Å². The molecule has 0 atom stereocenters. The van der Waals surface area contributed by atoms with E-state index in [0.29, 0.717) is 12.1 Å². The summed E-state index contributed by atoms with van der Waals surface area (Å²) >= 11 is 0. The third kappa shape index (κ3) is 2.96. The predicted octanol–water partition coefficient (Wildman–Crippen LogP) is 2.94. The van der Waals surface area contributed by atoms with Crippen LogP contribution in [0, 0.1) is 6.92 Å². The molecule has 0 aliphatic carbocycles. The molecule has 4 heteroatoms. The van der Waals surface area contributed by atoms with Crippen molar-refractivity contribution in [1.29, 1.82) is 0 Å². The number of aromatic nitrogens is 1. The molecule has 20 heavy (non-hydrogen) atoms. The Morgan fingerprint density at radius 2 is 1.95 bits per heavy atom. The van der Waals surface area contributed by atoms with Crippen LogP contribution in [0.5, 0.6) is 0 Å². The lowest BCUT2D eigenvalue weighted by Gasteiger charge is -2.08. The van der Waals surface area contributed by atoms with Crippen LogP contribution in [0.3, 0.4) is 0 Å². The molecule has 0 unspecified atom stereocenters. The fourth-order valence-electron chi connectivity index (χ4n) is 2.20. The first kappa shape index (κ1) is 14.1. The Balaban J connectivity index is 2.23. The first-order valence-electron chi connectivity index (χ1n) is 6.48. The number of Topliss-reactive ketones (excluding diaryl/α,β-unsaturated/α-hetero) is 1. The minimum Gasteiger partial charge on any atom is -0.477 e. The summed E-state index contributed by atoms with van der Waals surface area (Å²) in [5.41, 5.74) is 2.96. The van der Waals surface area contributed by atoms with Crippen molar-refractivity contribution in [2.45, 2.75) is 26.8 Å². The lowest BCUT2D eigenvalue weighted by molar-refractivity contribution is 0.0685. The van der Waals surface area contributed by atoms with E-state index in [9.17, 15) is 14.7 Å². The fourth-order valence-corrected chi connectivity index (χ4v) is 2.20. The number of carboxylic acids is 1. The molecule has 104 valence electrons. The molecule has 1 aromatic heterocycles. The Labute approximate surface area is 117 Å². The van der Waals surface area contributed by atoms with Crippen LogP contribution in [0.15, 0.2) is 36.5 Å². The smallest absolute Gasteiger partial charge is 0.352 e. The van der Waals surface area contributed by atoms with Gasteiger partial charge in [-0.1, -0.05) is 24.3 Å². The maximum absolute atomic E-state index is 11.4. The number of aryl methyl sites for hydroxylation is 3. The number of hydrogen-bond acceptors (Lipinski definition) is 2. The predicted molar refractivity (Wildman–Crippen MR) is 76.3 cm³/mol. The summed E-state index contributed by atoms with van der Waals surface area (Å²) in [6.07, 6.45) is 2.35. The molecule has 0 saturated heterocycles. The van der Waals surface area contributed by atoms with Gasteiger partial charge >= 0.3 is 5.97 Å². The third-order valence-electron chi connectivity index (χ3n) is 3.41. The van der Waals surface area contributed by atoms with Crippen molar-refractivity contribution in [3.63, 3.8) is 0 Å². The number of rotatable bonds is 5. The van der Waals surface area contributed by atoms with Crippen LogP contribution in [0.2, 0.25) is 0 Å². The average Bonchev–Trinajstić information content (AvgIpc) is 2.82. The highest BCUT2D eigenvalue weighted by Gasteiger charge is 2.14. The van der Waals surface area contributed by atoms with Crippen LogP contribution in [0.25, 0.3) is 0 Å². The van der Waals surface area contributed by atoms with Crippen molar-refractivity contribution >= 4 is 11.8 Å². The molecule has 0 aliphatic heterocycles. The Bertz CT molecular complexity index is 655. The van der Waals surface area contributed by atoms with Gasteiger partial charge in [0.1, 0.15) is 5.69 Å². The number of carbonyl (C=O) groups excluding carboxylic acids is 1. The van der Waals surface area contributed by atoms with Crippen LogP contribution < -0.4 is 0 Å². The number of ketones is 1.